The highest BCUT2D eigenvalue weighted by Crippen LogP contribution is 2.25. The smallest absolute Gasteiger partial charge is 0.224 e. The lowest BCUT2D eigenvalue weighted by Crippen LogP contribution is -2.00. The minimum Gasteiger partial charge on any atom is -0.494 e. The summed E-state index contributed by atoms with van der Waals surface area (Å²) in [6, 6.07) is 17.1. The van der Waals surface area contributed by atoms with E-state index in [0.717, 1.165) is 35.2 Å². The molecule has 0 radical (unpaired) electrons. The molecule has 122 valence electrons. The van der Waals surface area contributed by atoms with Gasteiger partial charge in [0.1, 0.15) is 5.75 Å². The van der Waals surface area contributed by atoms with Crippen molar-refractivity contribution in [3.05, 3.63) is 60.2 Å². The summed E-state index contributed by atoms with van der Waals surface area (Å²) in [5.74, 6) is 1.63. The van der Waals surface area contributed by atoms with Crippen LogP contribution in [0.5, 0.6) is 5.75 Å². The van der Waals surface area contributed by atoms with E-state index in [9.17, 15) is 4.79 Å². The highest BCUT2D eigenvalue weighted by Gasteiger charge is 2.07. The van der Waals surface area contributed by atoms with Gasteiger partial charge in [0.25, 0.3) is 0 Å². The number of carbonyl (C=O) groups excluding carboxylic acids is 1. The number of carbonyl (C=O) groups is 1. The number of thioether (sulfide) groups is 1. The lowest BCUT2D eigenvalue weighted by atomic mass is 10.0. The zero-order chi connectivity index (χ0) is 16.5. The van der Waals surface area contributed by atoms with E-state index in [-0.39, 0.29) is 5.12 Å². The highest BCUT2D eigenvalue weighted by molar-refractivity contribution is 8.14. The monoisotopic (exact) mass is 328 g/mol. The second-order valence-corrected chi connectivity index (χ2v) is 6.78. The molecule has 0 amide bonds. The van der Waals surface area contributed by atoms with Crippen LogP contribution in [-0.4, -0.2) is 11.7 Å². The number of benzene rings is 2. The average Bonchev–Trinajstić information content (AvgIpc) is 2.60. The number of hydrogen-bond donors (Lipinski definition) is 0. The van der Waals surface area contributed by atoms with Crippen LogP contribution < -0.4 is 4.74 Å². The molecule has 0 aliphatic heterocycles. The molecule has 1 unspecified atom stereocenters. The maximum atomic E-state index is 12.1. The molecule has 23 heavy (non-hydrogen) atoms. The molecule has 2 aromatic carbocycles. The molecule has 0 aliphatic carbocycles. The first-order chi connectivity index (χ1) is 11.2. The third-order valence-electron chi connectivity index (χ3n) is 3.85. The van der Waals surface area contributed by atoms with Gasteiger partial charge < -0.3 is 4.74 Å². The number of hydrogen-bond acceptors (Lipinski definition) is 3. The van der Waals surface area contributed by atoms with Gasteiger partial charge >= 0.3 is 0 Å². The van der Waals surface area contributed by atoms with Crippen LogP contribution in [0.1, 0.15) is 43.5 Å². The molecule has 0 spiro atoms. The average molecular weight is 328 g/mol. The highest BCUT2D eigenvalue weighted by atomic mass is 32.2. The fraction of sp³-hybridized carbons (Fsp3) is 0.350. The Labute approximate surface area is 143 Å². The third-order valence-corrected chi connectivity index (χ3v) is 4.78. The van der Waals surface area contributed by atoms with Crippen LogP contribution in [0.25, 0.3) is 0 Å². The number of ether oxygens (including phenoxy) is 1. The van der Waals surface area contributed by atoms with E-state index in [4.69, 9.17) is 4.74 Å². The molecule has 0 aliphatic rings. The van der Waals surface area contributed by atoms with Crippen molar-refractivity contribution in [3.8, 4) is 5.75 Å². The predicted octanol–water partition coefficient (Wildman–Crippen LogP) is 5.82. The maximum absolute atomic E-state index is 12.1. The fourth-order valence-electron chi connectivity index (χ4n) is 2.17. The fourth-order valence-corrected chi connectivity index (χ4v) is 2.91. The molecule has 0 bridgehead atoms. The molecule has 2 rings (SSSR count). The van der Waals surface area contributed by atoms with Crippen molar-refractivity contribution in [2.45, 2.75) is 38.0 Å². The van der Waals surface area contributed by atoms with Crippen LogP contribution in [0, 0.1) is 5.92 Å². The Morgan fingerprint density at radius 2 is 1.78 bits per heavy atom. The zero-order valence-electron chi connectivity index (χ0n) is 13.8. The summed E-state index contributed by atoms with van der Waals surface area (Å²) in [7, 11) is 0. The third kappa shape index (κ3) is 6.11. The van der Waals surface area contributed by atoms with E-state index >= 15 is 0 Å². The first-order valence-electron chi connectivity index (χ1n) is 8.19. The second-order valence-electron chi connectivity index (χ2n) is 5.73. The normalized spacial score (nSPS) is 11.9. The van der Waals surface area contributed by atoms with Gasteiger partial charge in [-0.25, -0.2) is 0 Å². The Bertz CT molecular complexity index is 593. The molecule has 0 saturated heterocycles. The Kier molecular flexibility index (Phi) is 7.21. The van der Waals surface area contributed by atoms with Crippen molar-refractivity contribution < 1.29 is 9.53 Å². The van der Waals surface area contributed by atoms with E-state index < -0.39 is 0 Å². The summed E-state index contributed by atoms with van der Waals surface area (Å²) in [6.45, 7) is 5.24. The lowest BCUT2D eigenvalue weighted by Gasteiger charge is -2.09. The first-order valence-corrected chi connectivity index (χ1v) is 9.00. The van der Waals surface area contributed by atoms with E-state index in [0.29, 0.717) is 0 Å². The molecule has 0 aromatic heterocycles. The molecular weight excluding hydrogens is 304 g/mol. The van der Waals surface area contributed by atoms with Crippen LogP contribution in [0.15, 0.2) is 59.5 Å². The van der Waals surface area contributed by atoms with Crippen molar-refractivity contribution in [1.82, 2.24) is 0 Å². The van der Waals surface area contributed by atoms with Gasteiger partial charge in [0.05, 0.1) is 6.61 Å². The van der Waals surface area contributed by atoms with Crippen molar-refractivity contribution in [1.29, 1.82) is 0 Å². The lowest BCUT2D eigenvalue weighted by molar-refractivity contribution is 0.108. The first kappa shape index (κ1) is 17.6. The SMILES string of the molecule is CCC(C)CCCOc1ccc(SC(=O)c2ccccc2)cc1. The summed E-state index contributed by atoms with van der Waals surface area (Å²) >= 11 is 1.25. The van der Waals surface area contributed by atoms with Gasteiger partial charge in [-0.2, -0.15) is 0 Å². The van der Waals surface area contributed by atoms with Gasteiger partial charge in [0.15, 0.2) is 0 Å². The molecule has 0 saturated carbocycles. The molecule has 2 nitrogen and oxygen atoms in total. The van der Waals surface area contributed by atoms with E-state index in [1.807, 2.05) is 54.6 Å². The quantitative estimate of drug-likeness (QED) is 0.451. The Hall–Kier alpha value is -1.74. The van der Waals surface area contributed by atoms with Crippen LogP contribution in [0.3, 0.4) is 0 Å². The zero-order valence-corrected chi connectivity index (χ0v) is 14.6. The molecule has 0 fully saturated rings. The van der Waals surface area contributed by atoms with Gasteiger partial charge in [-0.3, -0.25) is 4.79 Å². The molecule has 0 heterocycles. The summed E-state index contributed by atoms with van der Waals surface area (Å²) in [4.78, 5) is 13.1. The van der Waals surface area contributed by atoms with Gasteiger partial charge in [0.2, 0.25) is 5.12 Å². The van der Waals surface area contributed by atoms with E-state index in [1.165, 1.54) is 24.6 Å². The van der Waals surface area contributed by atoms with Crippen LogP contribution in [0.2, 0.25) is 0 Å². The Morgan fingerprint density at radius 3 is 2.43 bits per heavy atom. The van der Waals surface area contributed by atoms with Crippen LogP contribution >= 0.6 is 11.8 Å². The van der Waals surface area contributed by atoms with Crippen molar-refractivity contribution in [2.24, 2.45) is 5.92 Å². The van der Waals surface area contributed by atoms with Gasteiger partial charge in [-0.05, 0) is 54.8 Å². The van der Waals surface area contributed by atoms with Crippen molar-refractivity contribution >= 4 is 16.9 Å². The maximum Gasteiger partial charge on any atom is 0.224 e. The minimum absolute atomic E-state index is 0.0628. The standard InChI is InChI=1S/C20H24O2S/c1-3-16(2)8-7-15-22-18-11-13-19(14-12-18)23-20(21)17-9-5-4-6-10-17/h4-6,9-14,16H,3,7-8,15H2,1-2H3. The Morgan fingerprint density at radius 1 is 1.09 bits per heavy atom. The van der Waals surface area contributed by atoms with Gasteiger partial charge in [-0.15, -0.1) is 0 Å². The summed E-state index contributed by atoms with van der Waals surface area (Å²) in [5.41, 5.74) is 0.725. The number of rotatable bonds is 8. The second kappa shape index (κ2) is 9.41. The molecule has 0 N–H and O–H groups in total. The largest absolute Gasteiger partial charge is 0.494 e. The molecule has 2 aromatic rings. The summed E-state index contributed by atoms with van der Waals surface area (Å²) in [5, 5.41) is 0.0628. The molecular formula is C20H24O2S. The van der Waals surface area contributed by atoms with Crippen LogP contribution in [0.4, 0.5) is 0 Å². The Balaban J connectivity index is 1.79. The van der Waals surface area contributed by atoms with Gasteiger partial charge in [0, 0.05) is 10.5 Å². The van der Waals surface area contributed by atoms with Crippen molar-refractivity contribution in [3.63, 3.8) is 0 Å². The predicted molar refractivity (Wildman–Crippen MR) is 97.3 cm³/mol. The van der Waals surface area contributed by atoms with Gasteiger partial charge in [-0.1, -0.05) is 50.6 Å². The minimum atomic E-state index is 0.0628. The van der Waals surface area contributed by atoms with E-state index in [1.54, 1.807) is 0 Å². The molecule has 1 atom stereocenters. The summed E-state index contributed by atoms with van der Waals surface area (Å²) < 4.78 is 5.75. The summed E-state index contributed by atoms with van der Waals surface area (Å²) in [6.07, 6.45) is 3.51. The van der Waals surface area contributed by atoms with E-state index in [2.05, 4.69) is 13.8 Å². The topological polar surface area (TPSA) is 26.3 Å². The molecule has 3 heteroatoms. The van der Waals surface area contributed by atoms with Crippen molar-refractivity contribution in [2.75, 3.05) is 6.61 Å². The van der Waals surface area contributed by atoms with Crippen LogP contribution in [-0.2, 0) is 0 Å².